The third-order valence-electron chi connectivity index (χ3n) is 3.83. The highest BCUT2D eigenvalue weighted by atomic mass is 32.2. The molecule has 2 amide bonds. The average Bonchev–Trinajstić information content (AvgIpc) is 2.62. The lowest BCUT2D eigenvalue weighted by atomic mass is 10.1. The number of anilines is 2. The predicted octanol–water partition coefficient (Wildman–Crippen LogP) is 3.39. The summed E-state index contributed by atoms with van der Waals surface area (Å²) in [7, 11) is 3.09. The Bertz CT molecular complexity index is 838. The molecule has 1 aliphatic heterocycles. The van der Waals surface area contributed by atoms with E-state index in [4.69, 9.17) is 9.47 Å². The minimum Gasteiger partial charge on any atom is -0.497 e. The van der Waals surface area contributed by atoms with E-state index in [-0.39, 0.29) is 17.1 Å². The summed E-state index contributed by atoms with van der Waals surface area (Å²) in [4.78, 5) is 25.3. The van der Waals surface area contributed by atoms with Gasteiger partial charge in [-0.05, 0) is 37.3 Å². The highest BCUT2D eigenvalue weighted by molar-refractivity contribution is 8.00. The van der Waals surface area contributed by atoms with Gasteiger partial charge in [0.25, 0.3) is 5.91 Å². The van der Waals surface area contributed by atoms with Crippen LogP contribution < -0.4 is 20.1 Å². The first-order chi connectivity index (χ1) is 12.0. The number of hydrogen-bond donors (Lipinski definition) is 2. The number of hydrogen-bond acceptors (Lipinski definition) is 5. The fourth-order valence-corrected chi connectivity index (χ4v) is 3.38. The maximum absolute atomic E-state index is 12.6. The van der Waals surface area contributed by atoms with E-state index in [1.165, 1.54) is 18.9 Å². The monoisotopic (exact) mass is 358 g/mol. The van der Waals surface area contributed by atoms with E-state index >= 15 is 0 Å². The van der Waals surface area contributed by atoms with Crippen molar-refractivity contribution in [3.8, 4) is 11.5 Å². The molecule has 3 rings (SSSR count). The molecule has 0 fully saturated rings. The third-order valence-corrected chi connectivity index (χ3v) is 5.01. The summed E-state index contributed by atoms with van der Waals surface area (Å²) >= 11 is 1.48. The largest absolute Gasteiger partial charge is 0.497 e. The van der Waals surface area contributed by atoms with Crippen LogP contribution in [0.25, 0.3) is 0 Å². The number of carbonyl (C=O) groups is 2. The van der Waals surface area contributed by atoms with Crippen LogP contribution >= 0.6 is 11.8 Å². The zero-order chi connectivity index (χ0) is 18.0. The first-order valence-electron chi connectivity index (χ1n) is 7.66. The van der Waals surface area contributed by atoms with Gasteiger partial charge in [-0.2, -0.15) is 0 Å². The lowest BCUT2D eigenvalue weighted by Crippen LogP contribution is -2.26. The highest BCUT2D eigenvalue weighted by Gasteiger charge is 2.24. The van der Waals surface area contributed by atoms with E-state index in [0.29, 0.717) is 28.4 Å². The summed E-state index contributed by atoms with van der Waals surface area (Å²) in [6.07, 6.45) is 0. The van der Waals surface area contributed by atoms with Crippen LogP contribution in [0.4, 0.5) is 11.4 Å². The quantitative estimate of drug-likeness (QED) is 0.876. The number of carbonyl (C=O) groups excluding carboxylic acids is 2. The van der Waals surface area contributed by atoms with E-state index < -0.39 is 0 Å². The van der Waals surface area contributed by atoms with Gasteiger partial charge in [-0.1, -0.05) is 0 Å². The van der Waals surface area contributed by atoms with Crippen LogP contribution in [0.3, 0.4) is 0 Å². The summed E-state index contributed by atoms with van der Waals surface area (Å²) in [5, 5.41) is 5.50. The van der Waals surface area contributed by atoms with Gasteiger partial charge in [0.15, 0.2) is 0 Å². The molecule has 1 aliphatic rings. The second kappa shape index (κ2) is 7.06. The zero-order valence-electron chi connectivity index (χ0n) is 14.1. The Balaban J connectivity index is 1.83. The first kappa shape index (κ1) is 17.2. The van der Waals surface area contributed by atoms with Crippen LogP contribution in [-0.2, 0) is 4.79 Å². The van der Waals surface area contributed by atoms with Gasteiger partial charge in [-0.15, -0.1) is 11.8 Å². The smallest absolute Gasteiger partial charge is 0.255 e. The molecule has 0 spiro atoms. The summed E-state index contributed by atoms with van der Waals surface area (Å²) < 4.78 is 10.4. The topological polar surface area (TPSA) is 76.7 Å². The zero-order valence-corrected chi connectivity index (χ0v) is 14.9. The molecule has 130 valence electrons. The third kappa shape index (κ3) is 3.56. The van der Waals surface area contributed by atoms with Gasteiger partial charge in [0.1, 0.15) is 11.5 Å². The lowest BCUT2D eigenvalue weighted by Gasteiger charge is -2.21. The molecule has 0 aromatic heterocycles. The molecular weight excluding hydrogens is 340 g/mol. The van der Waals surface area contributed by atoms with Gasteiger partial charge < -0.3 is 20.1 Å². The SMILES string of the molecule is COc1ccc(NC(=O)c2ccc3c(c2)NC(=O)[C@H](C)S3)c(OC)c1. The molecule has 6 nitrogen and oxygen atoms in total. The van der Waals surface area contributed by atoms with Gasteiger partial charge in [0, 0.05) is 16.5 Å². The fourth-order valence-electron chi connectivity index (χ4n) is 2.45. The number of nitrogens with one attached hydrogen (secondary N) is 2. The Kier molecular flexibility index (Phi) is 4.85. The van der Waals surface area contributed by atoms with Crippen LogP contribution in [0, 0.1) is 0 Å². The number of fused-ring (bicyclic) bond motifs is 1. The van der Waals surface area contributed by atoms with Crippen LogP contribution in [0.2, 0.25) is 0 Å². The van der Waals surface area contributed by atoms with Crippen LogP contribution in [0.15, 0.2) is 41.3 Å². The summed E-state index contributed by atoms with van der Waals surface area (Å²) in [6.45, 7) is 1.85. The van der Waals surface area contributed by atoms with E-state index in [0.717, 1.165) is 4.90 Å². The Morgan fingerprint density at radius 3 is 2.68 bits per heavy atom. The minimum absolute atomic E-state index is 0.0631. The molecule has 1 atom stereocenters. The van der Waals surface area contributed by atoms with E-state index in [1.807, 2.05) is 13.0 Å². The summed E-state index contributed by atoms with van der Waals surface area (Å²) in [5.41, 5.74) is 1.65. The molecule has 0 aliphatic carbocycles. The van der Waals surface area contributed by atoms with Crippen molar-refractivity contribution in [1.29, 1.82) is 0 Å². The Hall–Kier alpha value is -2.67. The van der Waals surface area contributed by atoms with Crippen molar-refractivity contribution in [2.45, 2.75) is 17.1 Å². The molecule has 0 saturated heterocycles. The van der Waals surface area contributed by atoms with E-state index in [2.05, 4.69) is 10.6 Å². The Labute approximate surface area is 149 Å². The Morgan fingerprint density at radius 2 is 1.96 bits per heavy atom. The number of methoxy groups -OCH3 is 2. The second-order valence-electron chi connectivity index (χ2n) is 5.48. The van der Waals surface area contributed by atoms with Crippen molar-refractivity contribution in [3.63, 3.8) is 0 Å². The predicted molar refractivity (Wildman–Crippen MR) is 97.9 cm³/mol. The van der Waals surface area contributed by atoms with Gasteiger partial charge >= 0.3 is 0 Å². The van der Waals surface area contributed by atoms with Gasteiger partial charge in [0.05, 0.1) is 30.8 Å². The number of ether oxygens (including phenoxy) is 2. The normalized spacial score (nSPS) is 15.8. The van der Waals surface area contributed by atoms with Crippen molar-refractivity contribution in [2.24, 2.45) is 0 Å². The first-order valence-corrected chi connectivity index (χ1v) is 8.54. The highest BCUT2D eigenvalue weighted by Crippen LogP contribution is 2.36. The van der Waals surface area contributed by atoms with Crippen molar-refractivity contribution < 1.29 is 19.1 Å². The van der Waals surface area contributed by atoms with Crippen molar-refractivity contribution in [2.75, 3.05) is 24.9 Å². The van der Waals surface area contributed by atoms with Crippen molar-refractivity contribution in [1.82, 2.24) is 0 Å². The minimum atomic E-state index is -0.288. The average molecular weight is 358 g/mol. The molecule has 7 heteroatoms. The number of thioether (sulfide) groups is 1. The number of rotatable bonds is 4. The van der Waals surface area contributed by atoms with Crippen molar-refractivity contribution >= 4 is 35.0 Å². The summed E-state index contributed by atoms with van der Waals surface area (Å²) in [5.74, 6) is 0.789. The molecule has 2 N–H and O–H groups in total. The van der Waals surface area contributed by atoms with Crippen molar-refractivity contribution in [3.05, 3.63) is 42.0 Å². The lowest BCUT2D eigenvalue weighted by molar-refractivity contribution is -0.115. The number of benzene rings is 2. The van der Waals surface area contributed by atoms with Gasteiger partial charge in [0.2, 0.25) is 5.91 Å². The Morgan fingerprint density at radius 1 is 1.16 bits per heavy atom. The molecule has 2 aromatic carbocycles. The molecule has 2 aromatic rings. The van der Waals surface area contributed by atoms with Gasteiger partial charge in [-0.3, -0.25) is 9.59 Å². The molecule has 0 unspecified atom stereocenters. The second-order valence-corrected chi connectivity index (χ2v) is 6.86. The maximum Gasteiger partial charge on any atom is 0.255 e. The van der Waals surface area contributed by atoms with E-state index in [1.54, 1.807) is 37.4 Å². The standard InChI is InChI=1S/C18H18N2O4S/c1-10-17(21)20-14-8-11(4-7-16(14)25-10)18(22)19-13-6-5-12(23-2)9-15(13)24-3/h4-10H,1-3H3,(H,19,22)(H,20,21)/t10-/m0/s1. The van der Waals surface area contributed by atoms with Crippen LogP contribution in [-0.4, -0.2) is 31.3 Å². The van der Waals surface area contributed by atoms with E-state index in [9.17, 15) is 9.59 Å². The summed E-state index contributed by atoms with van der Waals surface area (Å²) in [6, 6.07) is 10.4. The fraction of sp³-hybridized carbons (Fsp3) is 0.222. The van der Waals surface area contributed by atoms with Crippen LogP contribution in [0.5, 0.6) is 11.5 Å². The maximum atomic E-state index is 12.6. The molecule has 0 bridgehead atoms. The molecule has 1 heterocycles. The molecule has 0 radical (unpaired) electrons. The molecule has 0 saturated carbocycles. The van der Waals surface area contributed by atoms with Gasteiger partial charge in [-0.25, -0.2) is 0 Å². The van der Waals surface area contributed by atoms with Crippen LogP contribution in [0.1, 0.15) is 17.3 Å². The number of amides is 2. The molecular formula is C18H18N2O4S. The molecule has 25 heavy (non-hydrogen) atoms.